The number of nitrogens with one attached hydrogen (secondary N) is 1. The van der Waals surface area contributed by atoms with Crippen molar-refractivity contribution in [2.24, 2.45) is 5.41 Å². The second kappa shape index (κ2) is 5.72. The molecule has 0 bridgehead atoms. The number of anilines is 1. The number of halogens is 1. The SMILES string of the molecule is Cc1nc(NC2CC(OC(C)(C)C)C2(C)C)c(Cl)cc1C#N. The summed E-state index contributed by atoms with van der Waals surface area (Å²) >= 11 is 6.23. The number of ether oxygens (including phenoxy) is 1. The topological polar surface area (TPSA) is 57.9 Å². The van der Waals surface area contributed by atoms with Gasteiger partial charge in [-0.05, 0) is 40.2 Å². The average Bonchev–Trinajstić information content (AvgIpc) is 2.39. The summed E-state index contributed by atoms with van der Waals surface area (Å²) in [6.07, 6.45) is 1.13. The summed E-state index contributed by atoms with van der Waals surface area (Å²) in [5.41, 5.74) is 1.06. The number of hydrogen-bond donors (Lipinski definition) is 1. The highest BCUT2D eigenvalue weighted by Crippen LogP contribution is 2.46. The van der Waals surface area contributed by atoms with Crippen molar-refractivity contribution < 1.29 is 4.74 Å². The fourth-order valence-corrected chi connectivity index (χ4v) is 2.92. The maximum Gasteiger partial charge on any atom is 0.145 e. The van der Waals surface area contributed by atoms with Gasteiger partial charge in [0.2, 0.25) is 0 Å². The van der Waals surface area contributed by atoms with Crippen LogP contribution in [0, 0.1) is 23.7 Å². The standard InChI is InChI=1S/C17H24ClN3O/c1-10-11(9-19)7-12(18)15(20-10)21-13-8-14(17(13,5)6)22-16(2,3)4/h7,13-14H,8H2,1-6H3,(H,20,21). The van der Waals surface area contributed by atoms with E-state index in [1.165, 1.54) is 0 Å². The zero-order chi connectivity index (χ0) is 16.7. The molecule has 1 aliphatic carbocycles. The van der Waals surface area contributed by atoms with Gasteiger partial charge in [-0.1, -0.05) is 25.4 Å². The Morgan fingerprint density at radius 3 is 2.59 bits per heavy atom. The minimum atomic E-state index is -0.145. The molecule has 0 spiro atoms. The molecule has 4 nitrogen and oxygen atoms in total. The van der Waals surface area contributed by atoms with Crippen LogP contribution < -0.4 is 5.32 Å². The number of hydrogen-bond acceptors (Lipinski definition) is 4. The number of nitrogens with zero attached hydrogens (tertiary/aromatic N) is 2. The molecule has 5 heteroatoms. The first-order valence-electron chi connectivity index (χ1n) is 7.56. The van der Waals surface area contributed by atoms with E-state index in [1.807, 2.05) is 6.92 Å². The highest BCUT2D eigenvalue weighted by atomic mass is 35.5. The summed E-state index contributed by atoms with van der Waals surface area (Å²) in [6.45, 7) is 12.4. The molecule has 22 heavy (non-hydrogen) atoms. The lowest BCUT2D eigenvalue weighted by atomic mass is 9.64. The zero-order valence-corrected chi connectivity index (χ0v) is 14.9. The number of pyridine rings is 1. The average molecular weight is 322 g/mol. The number of aryl methyl sites for hydroxylation is 1. The van der Waals surface area contributed by atoms with Gasteiger partial charge in [-0.2, -0.15) is 5.26 Å². The van der Waals surface area contributed by atoms with Gasteiger partial charge in [0.15, 0.2) is 0 Å². The Morgan fingerprint density at radius 1 is 1.45 bits per heavy atom. The molecule has 0 aliphatic heterocycles. The highest BCUT2D eigenvalue weighted by molar-refractivity contribution is 6.33. The van der Waals surface area contributed by atoms with Crippen LogP contribution in [-0.2, 0) is 4.74 Å². The first kappa shape index (κ1) is 17.1. The molecular weight excluding hydrogens is 298 g/mol. The minimum absolute atomic E-state index is 0.0000929. The van der Waals surface area contributed by atoms with Crippen LogP contribution in [0.15, 0.2) is 6.07 Å². The smallest absolute Gasteiger partial charge is 0.145 e. The Balaban J connectivity index is 2.11. The van der Waals surface area contributed by atoms with E-state index >= 15 is 0 Å². The Bertz CT molecular complexity index is 614. The maximum absolute atomic E-state index is 9.01. The van der Waals surface area contributed by atoms with E-state index in [2.05, 4.69) is 51.0 Å². The summed E-state index contributed by atoms with van der Waals surface area (Å²) in [4.78, 5) is 4.42. The van der Waals surface area contributed by atoms with Gasteiger partial charge in [0.05, 0.1) is 28.0 Å². The van der Waals surface area contributed by atoms with E-state index in [0.717, 1.165) is 6.42 Å². The molecule has 1 saturated carbocycles. The van der Waals surface area contributed by atoms with E-state index < -0.39 is 0 Å². The van der Waals surface area contributed by atoms with Crippen LogP contribution in [0.2, 0.25) is 5.02 Å². The molecular formula is C17H24ClN3O. The van der Waals surface area contributed by atoms with E-state index in [4.69, 9.17) is 21.6 Å². The summed E-state index contributed by atoms with van der Waals surface area (Å²) < 4.78 is 6.11. The predicted molar refractivity (Wildman–Crippen MR) is 89.1 cm³/mol. The van der Waals surface area contributed by atoms with Crippen molar-refractivity contribution in [2.45, 2.75) is 65.7 Å². The molecule has 1 N–H and O–H groups in total. The largest absolute Gasteiger partial charge is 0.372 e. The van der Waals surface area contributed by atoms with Crippen molar-refractivity contribution in [3.8, 4) is 6.07 Å². The lowest BCUT2D eigenvalue weighted by Crippen LogP contribution is -2.59. The third kappa shape index (κ3) is 3.37. The molecule has 2 unspecified atom stereocenters. The van der Waals surface area contributed by atoms with Crippen LogP contribution in [0.1, 0.15) is 52.3 Å². The van der Waals surface area contributed by atoms with Gasteiger partial charge in [0.1, 0.15) is 11.9 Å². The molecule has 1 heterocycles. The third-order valence-electron chi connectivity index (χ3n) is 4.27. The van der Waals surface area contributed by atoms with Crippen molar-refractivity contribution in [2.75, 3.05) is 5.32 Å². The number of rotatable bonds is 3. The molecule has 2 rings (SSSR count). The lowest BCUT2D eigenvalue weighted by Gasteiger charge is -2.53. The third-order valence-corrected chi connectivity index (χ3v) is 4.56. The zero-order valence-electron chi connectivity index (χ0n) is 14.1. The number of aromatic nitrogens is 1. The summed E-state index contributed by atoms with van der Waals surface area (Å²) in [7, 11) is 0. The first-order valence-corrected chi connectivity index (χ1v) is 7.94. The first-order chi connectivity index (χ1) is 10.0. The second-order valence-electron chi connectivity index (χ2n) is 7.54. The van der Waals surface area contributed by atoms with E-state index in [9.17, 15) is 0 Å². The molecule has 120 valence electrons. The second-order valence-corrected chi connectivity index (χ2v) is 7.94. The van der Waals surface area contributed by atoms with Crippen LogP contribution in [-0.4, -0.2) is 22.7 Å². The van der Waals surface area contributed by atoms with Gasteiger partial charge in [-0.3, -0.25) is 0 Å². The molecule has 1 fully saturated rings. The van der Waals surface area contributed by atoms with Gasteiger partial charge in [-0.25, -0.2) is 4.98 Å². The van der Waals surface area contributed by atoms with Crippen molar-refractivity contribution in [1.29, 1.82) is 5.26 Å². The van der Waals surface area contributed by atoms with Crippen LogP contribution >= 0.6 is 11.6 Å². The Hall–Kier alpha value is -1.31. The summed E-state index contributed by atoms with van der Waals surface area (Å²) in [5.74, 6) is 0.644. The van der Waals surface area contributed by atoms with Crippen LogP contribution in [0.3, 0.4) is 0 Å². The van der Waals surface area contributed by atoms with Crippen LogP contribution in [0.5, 0.6) is 0 Å². The maximum atomic E-state index is 9.01. The minimum Gasteiger partial charge on any atom is -0.372 e. The Kier molecular flexibility index (Phi) is 4.43. The highest BCUT2D eigenvalue weighted by Gasteiger charge is 2.50. The van der Waals surface area contributed by atoms with Crippen LogP contribution in [0.25, 0.3) is 0 Å². The normalized spacial score (nSPS) is 23.5. The van der Waals surface area contributed by atoms with Gasteiger partial charge in [0.25, 0.3) is 0 Å². The molecule has 2 atom stereocenters. The summed E-state index contributed by atoms with van der Waals surface area (Å²) in [6, 6.07) is 4.01. The van der Waals surface area contributed by atoms with Gasteiger partial charge >= 0.3 is 0 Å². The van der Waals surface area contributed by atoms with Crippen molar-refractivity contribution in [3.63, 3.8) is 0 Å². The van der Waals surface area contributed by atoms with Crippen LogP contribution in [0.4, 0.5) is 5.82 Å². The molecule has 1 aliphatic rings. The van der Waals surface area contributed by atoms with Crippen molar-refractivity contribution in [1.82, 2.24) is 4.98 Å². The van der Waals surface area contributed by atoms with E-state index in [1.54, 1.807) is 6.07 Å². The molecule has 0 radical (unpaired) electrons. The predicted octanol–water partition coefficient (Wildman–Crippen LogP) is 4.31. The summed E-state index contributed by atoms with van der Waals surface area (Å²) in [5, 5.41) is 12.9. The Morgan fingerprint density at radius 2 is 2.09 bits per heavy atom. The lowest BCUT2D eigenvalue weighted by molar-refractivity contribution is -0.162. The molecule has 0 saturated heterocycles. The van der Waals surface area contributed by atoms with E-state index in [-0.39, 0.29) is 23.2 Å². The van der Waals surface area contributed by atoms with Crippen molar-refractivity contribution in [3.05, 3.63) is 22.3 Å². The Labute approximate surface area is 137 Å². The molecule has 0 aromatic carbocycles. The quantitative estimate of drug-likeness (QED) is 0.901. The van der Waals surface area contributed by atoms with E-state index in [0.29, 0.717) is 22.1 Å². The fraction of sp³-hybridized carbons (Fsp3) is 0.647. The van der Waals surface area contributed by atoms with Gasteiger partial charge < -0.3 is 10.1 Å². The van der Waals surface area contributed by atoms with Gasteiger partial charge in [0, 0.05) is 11.5 Å². The molecule has 1 aromatic rings. The molecule has 1 aromatic heterocycles. The fourth-order valence-electron chi connectivity index (χ4n) is 2.72. The molecule has 0 amide bonds. The van der Waals surface area contributed by atoms with Gasteiger partial charge in [-0.15, -0.1) is 0 Å². The number of nitriles is 1. The monoisotopic (exact) mass is 321 g/mol. The van der Waals surface area contributed by atoms with Crippen molar-refractivity contribution >= 4 is 17.4 Å².